The number of nitrogens with one attached hydrogen (secondary N) is 2. The van der Waals surface area contributed by atoms with E-state index in [1.165, 1.54) is 17.8 Å². The van der Waals surface area contributed by atoms with Crippen LogP contribution in [0.5, 0.6) is 0 Å². The molecule has 0 aliphatic carbocycles. The van der Waals surface area contributed by atoms with Crippen molar-refractivity contribution < 1.29 is 24.9 Å². The van der Waals surface area contributed by atoms with Crippen molar-refractivity contribution in [2.75, 3.05) is 11.9 Å². The number of imidazole rings is 1. The van der Waals surface area contributed by atoms with Gasteiger partial charge in [0.2, 0.25) is 11.9 Å². The largest absolute Gasteiger partial charge is 0.394 e. The number of carbonyl (C=O) groups excluding carboxylic acids is 1. The second-order valence-electron chi connectivity index (χ2n) is 5.15. The van der Waals surface area contributed by atoms with Crippen LogP contribution in [0.4, 0.5) is 5.95 Å². The van der Waals surface area contributed by atoms with Gasteiger partial charge < -0.3 is 20.1 Å². The molecule has 1 fully saturated rings. The van der Waals surface area contributed by atoms with E-state index in [4.69, 9.17) is 9.84 Å². The molecule has 2 aromatic rings. The van der Waals surface area contributed by atoms with Crippen molar-refractivity contribution in [3.05, 3.63) is 16.7 Å². The van der Waals surface area contributed by atoms with Crippen molar-refractivity contribution in [1.82, 2.24) is 19.5 Å². The summed E-state index contributed by atoms with van der Waals surface area (Å²) in [5, 5.41) is 31.3. The number of amides is 1. The summed E-state index contributed by atoms with van der Waals surface area (Å²) in [6, 6.07) is 0. The van der Waals surface area contributed by atoms with Crippen LogP contribution < -0.4 is 10.9 Å². The zero-order chi connectivity index (χ0) is 16.7. The summed E-state index contributed by atoms with van der Waals surface area (Å²) in [6.07, 6.45) is -3.45. The number of aromatic nitrogens is 4. The Morgan fingerprint density at radius 1 is 1.48 bits per heavy atom. The molecule has 0 radical (unpaired) electrons. The molecule has 4 atom stereocenters. The minimum atomic E-state index is -1.34. The summed E-state index contributed by atoms with van der Waals surface area (Å²) < 4.78 is 6.65. The molecule has 2 aromatic heterocycles. The highest BCUT2D eigenvalue weighted by Gasteiger charge is 2.44. The van der Waals surface area contributed by atoms with Crippen LogP contribution in [-0.2, 0) is 9.53 Å². The molecule has 3 heterocycles. The number of carbonyl (C=O) groups is 1. The van der Waals surface area contributed by atoms with Crippen LogP contribution in [0.1, 0.15) is 13.2 Å². The number of H-pyrrole nitrogens is 1. The van der Waals surface area contributed by atoms with E-state index in [1.807, 2.05) is 0 Å². The van der Waals surface area contributed by atoms with Crippen molar-refractivity contribution in [2.45, 2.75) is 31.5 Å². The summed E-state index contributed by atoms with van der Waals surface area (Å²) in [4.78, 5) is 33.4. The molecule has 0 saturated carbocycles. The fraction of sp³-hybridized carbons (Fsp3) is 0.500. The third kappa shape index (κ3) is 2.59. The number of hydrogen-bond donors (Lipinski definition) is 5. The average molecular weight is 325 g/mol. The number of rotatable bonds is 3. The van der Waals surface area contributed by atoms with Crippen LogP contribution in [0.2, 0.25) is 0 Å². The Hall–Kier alpha value is -2.34. The lowest BCUT2D eigenvalue weighted by atomic mass is 10.1. The van der Waals surface area contributed by atoms with Gasteiger partial charge in [0.1, 0.15) is 18.3 Å². The molecule has 1 aliphatic heterocycles. The quantitative estimate of drug-likeness (QED) is 0.420. The molecule has 5 N–H and O–H groups in total. The van der Waals surface area contributed by atoms with Gasteiger partial charge in [0, 0.05) is 6.92 Å². The molecule has 1 unspecified atom stereocenters. The Morgan fingerprint density at radius 3 is 2.83 bits per heavy atom. The molecule has 0 bridgehead atoms. The van der Waals surface area contributed by atoms with Gasteiger partial charge in [-0.3, -0.25) is 24.5 Å². The fourth-order valence-electron chi connectivity index (χ4n) is 2.45. The average Bonchev–Trinajstić information content (AvgIpc) is 3.01. The third-order valence-electron chi connectivity index (χ3n) is 3.52. The van der Waals surface area contributed by atoms with Crippen LogP contribution >= 0.6 is 0 Å². The van der Waals surface area contributed by atoms with E-state index in [0.29, 0.717) is 0 Å². The number of aliphatic hydroxyl groups is 3. The summed E-state index contributed by atoms with van der Waals surface area (Å²) in [5.74, 6) is -0.505. The van der Waals surface area contributed by atoms with Gasteiger partial charge in [-0.25, -0.2) is 4.98 Å². The third-order valence-corrected chi connectivity index (χ3v) is 3.52. The van der Waals surface area contributed by atoms with E-state index >= 15 is 0 Å². The molecule has 124 valence electrons. The van der Waals surface area contributed by atoms with Crippen molar-refractivity contribution >= 4 is 23.0 Å². The molecule has 1 amide bonds. The van der Waals surface area contributed by atoms with Crippen LogP contribution in [-0.4, -0.2) is 65.7 Å². The first-order valence-corrected chi connectivity index (χ1v) is 6.79. The predicted octanol–water partition coefficient (Wildman–Crippen LogP) is -2.31. The normalized spacial score (nSPS) is 27.5. The first-order chi connectivity index (χ1) is 10.9. The highest BCUT2D eigenvalue weighted by molar-refractivity contribution is 5.87. The highest BCUT2D eigenvalue weighted by atomic mass is 16.6. The summed E-state index contributed by atoms with van der Waals surface area (Å²) in [7, 11) is 0. The molecule has 11 nitrogen and oxygen atoms in total. The predicted molar refractivity (Wildman–Crippen MR) is 75.5 cm³/mol. The Balaban J connectivity index is 2.06. The zero-order valence-corrected chi connectivity index (χ0v) is 12.0. The van der Waals surface area contributed by atoms with Gasteiger partial charge >= 0.3 is 0 Å². The van der Waals surface area contributed by atoms with Gasteiger partial charge in [-0.05, 0) is 0 Å². The number of hydrogen-bond acceptors (Lipinski definition) is 8. The molecule has 1 saturated heterocycles. The maximum absolute atomic E-state index is 12.0. The van der Waals surface area contributed by atoms with Gasteiger partial charge in [-0.1, -0.05) is 0 Å². The van der Waals surface area contributed by atoms with E-state index in [1.54, 1.807) is 0 Å². The first kappa shape index (κ1) is 15.6. The van der Waals surface area contributed by atoms with Gasteiger partial charge in [0.15, 0.2) is 17.4 Å². The lowest BCUT2D eigenvalue weighted by Crippen LogP contribution is -2.33. The zero-order valence-electron chi connectivity index (χ0n) is 12.0. The Kier molecular flexibility index (Phi) is 3.85. The van der Waals surface area contributed by atoms with Crippen LogP contribution in [0, 0.1) is 0 Å². The number of aromatic amines is 1. The highest BCUT2D eigenvalue weighted by Crippen LogP contribution is 2.30. The van der Waals surface area contributed by atoms with Crippen LogP contribution in [0.3, 0.4) is 0 Å². The molecule has 0 spiro atoms. The molecule has 3 rings (SSSR count). The lowest BCUT2D eigenvalue weighted by Gasteiger charge is -2.16. The van der Waals surface area contributed by atoms with E-state index in [2.05, 4.69) is 20.3 Å². The smallest absolute Gasteiger partial charge is 0.280 e. The molecule has 23 heavy (non-hydrogen) atoms. The van der Waals surface area contributed by atoms with E-state index in [0.717, 1.165) is 0 Å². The molecular weight excluding hydrogens is 310 g/mol. The van der Waals surface area contributed by atoms with Crippen molar-refractivity contribution in [2.24, 2.45) is 0 Å². The Labute approximate surface area is 128 Å². The molecular formula is C12H15N5O6. The Morgan fingerprint density at radius 2 is 2.22 bits per heavy atom. The monoisotopic (exact) mass is 325 g/mol. The summed E-state index contributed by atoms with van der Waals surface area (Å²) in [6.45, 7) is 0.778. The number of fused-ring (bicyclic) bond motifs is 1. The van der Waals surface area contributed by atoms with E-state index < -0.39 is 42.6 Å². The lowest BCUT2D eigenvalue weighted by molar-refractivity contribution is -0.114. The number of ether oxygens (including phenoxy) is 1. The summed E-state index contributed by atoms with van der Waals surface area (Å²) >= 11 is 0. The SMILES string of the molecule is CC(=O)Nc1nc2c(ncn2[C@@H]2O[C@H](CO)[C@H](O)C2O)c(=O)[nH]1. The first-order valence-electron chi connectivity index (χ1n) is 6.79. The molecule has 11 heteroatoms. The maximum Gasteiger partial charge on any atom is 0.280 e. The Bertz CT molecular complexity index is 801. The molecule has 1 aliphatic rings. The van der Waals surface area contributed by atoms with E-state index in [9.17, 15) is 19.8 Å². The standard InChI is InChI=1S/C12H15N5O6/c1-4(19)14-12-15-9-6(10(22)16-12)13-3-17(9)11-8(21)7(20)5(2-18)23-11/h3,5,7-8,11,18,20-21H,2H2,1H3,(H2,14,15,16,19,22)/t5-,7+,8?,11-/m1/s1. The van der Waals surface area contributed by atoms with E-state index in [-0.39, 0.29) is 17.1 Å². The van der Waals surface area contributed by atoms with Crippen molar-refractivity contribution in [3.8, 4) is 0 Å². The van der Waals surface area contributed by atoms with Crippen molar-refractivity contribution in [3.63, 3.8) is 0 Å². The summed E-state index contributed by atoms with van der Waals surface area (Å²) in [5.41, 5.74) is -0.534. The van der Waals surface area contributed by atoms with Crippen molar-refractivity contribution in [1.29, 1.82) is 0 Å². The van der Waals surface area contributed by atoms with Crippen LogP contribution in [0.25, 0.3) is 11.2 Å². The van der Waals surface area contributed by atoms with Gasteiger partial charge in [-0.2, -0.15) is 4.98 Å². The van der Waals surface area contributed by atoms with Gasteiger partial charge in [0.25, 0.3) is 5.56 Å². The topological polar surface area (TPSA) is 163 Å². The minimum absolute atomic E-state index is 0.0168. The molecule has 0 aromatic carbocycles. The van der Waals surface area contributed by atoms with Gasteiger partial charge in [0.05, 0.1) is 12.9 Å². The fourth-order valence-corrected chi connectivity index (χ4v) is 2.45. The maximum atomic E-state index is 12.0. The second kappa shape index (κ2) is 5.70. The van der Waals surface area contributed by atoms with Gasteiger partial charge in [-0.15, -0.1) is 0 Å². The second-order valence-corrected chi connectivity index (χ2v) is 5.15. The number of anilines is 1. The van der Waals surface area contributed by atoms with Crippen LogP contribution in [0.15, 0.2) is 11.1 Å². The number of nitrogens with zero attached hydrogens (tertiary/aromatic N) is 3. The number of aliphatic hydroxyl groups excluding tert-OH is 3. The minimum Gasteiger partial charge on any atom is -0.394 e.